The van der Waals surface area contributed by atoms with Crippen molar-refractivity contribution >= 4 is 17.8 Å². The molecule has 1 aromatic rings. The Morgan fingerprint density at radius 2 is 1.90 bits per heavy atom. The second-order valence-corrected chi connectivity index (χ2v) is 4.72. The molecule has 20 heavy (non-hydrogen) atoms. The second-order valence-electron chi connectivity index (χ2n) is 4.72. The van der Waals surface area contributed by atoms with Gasteiger partial charge in [0.1, 0.15) is 12.6 Å². The van der Waals surface area contributed by atoms with Gasteiger partial charge in [0.2, 0.25) is 0 Å². The number of rotatable bonds is 4. The van der Waals surface area contributed by atoms with E-state index in [1.165, 1.54) is 16.8 Å². The molecule has 1 unspecified atom stereocenters. The van der Waals surface area contributed by atoms with Gasteiger partial charge >= 0.3 is 12.0 Å². The summed E-state index contributed by atoms with van der Waals surface area (Å²) in [5, 5.41) is 0. The largest absolute Gasteiger partial charge is 0.455 e. The highest BCUT2D eigenvalue weighted by molar-refractivity contribution is 6.36. The van der Waals surface area contributed by atoms with Gasteiger partial charge in [0.25, 0.3) is 5.78 Å². The molecule has 0 aromatic heterocycles. The standard InChI is InChI=1S/C14H16N2O4/c1-15-8-11(16(2)14(15)19)12(17)13(18)20-9-10-6-4-3-5-7-10/h3-7,11H,8-9H2,1-2H3. The van der Waals surface area contributed by atoms with E-state index >= 15 is 0 Å². The molecule has 1 aromatic carbocycles. The molecule has 1 aliphatic heterocycles. The number of ketones is 1. The number of nitrogens with zero attached hydrogens (tertiary/aromatic N) is 2. The van der Waals surface area contributed by atoms with Crippen LogP contribution in [-0.4, -0.2) is 54.3 Å². The van der Waals surface area contributed by atoms with Crippen LogP contribution in [-0.2, 0) is 20.9 Å². The normalized spacial score (nSPS) is 18.3. The third kappa shape index (κ3) is 2.79. The van der Waals surface area contributed by atoms with Crippen LogP contribution in [0.5, 0.6) is 0 Å². The van der Waals surface area contributed by atoms with E-state index < -0.39 is 17.8 Å². The zero-order chi connectivity index (χ0) is 14.7. The number of benzene rings is 1. The minimum atomic E-state index is -0.909. The fraction of sp³-hybridized carbons (Fsp3) is 0.357. The zero-order valence-electron chi connectivity index (χ0n) is 11.4. The van der Waals surface area contributed by atoms with E-state index in [4.69, 9.17) is 4.74 Å². The molecule has 1 atom stereocenters. The number of urea groups is 1. The maximum absolute atomic E-state index is 12.0. The summed E-state index contributed by atoms with van der Waals surface area (Å²) in [7, 11) is 3.08. The van der Waals surface area contributed by atoms with E-state index in [1.807, 2.05) is 18.2 Å². The van der Waals surface area contributed by atoms with Crippen LogP contribution in [0.15, 0.2) is 30.3 Å². The summed E-state index contributed by atoms with van der Waals surface area (Å²) in [6.07, 6.45) is 0. The van der Waals surface area contributed by atoms with Crippen molar-refractivity contribution in [3.8, 4) is 0 Å². The Labute approximate surface area is 116 Å². The summed E-state index contributed by atoms with van der Waals surface area (Å²) in [5.41, 5.74) is 0.807. The topological polar surface area (TPSA) is 66.9 Å². The molecule has 2 amide bonds. The first-order valence-corrected chi connectivity index (χ1v) is 6.23. The third-order valence-electron chi connectivity index (χ3n) is 3.26. The van der Waals surface area contributed by atoms with Crippen LogP contribution in [0.4, 0.5) is 4.79 Å². The van der Waals surface area contributed by atoms with Crippen LogP contribution < -0.4 is 0 Å². The lowest BCUT2D eigenvalue weighted by molar-refractivity contribution is -0.156. The summed E-state index contributed by atoms with van der Waals surface area (Å²) in [6.45, 7) is 0.250. The fourth-order valence-electron chi connectivity index (χ4n) is 2.05. The first-order chi connectivity index (χ1) is 9.50. The highest BCUT2D eigenvalue weighted by atomic mass is 16.5. The van der Waals surface area contributed by atoms with E-state index in [9.17, 15) is 14.4 Å². The average molecular weight is 276 g/mol. The Morgan fingerprint density at radius 1 is 1.25 bits per heavy atom. The van der Waals surface area contributed by atoms with Gasteiger partial charge in [-0.3, -0.25) is 4.79 Å². The maximum Gasteiger partial charge on any atom is 0.377 e. The molecule has 0 saturated carbocycles. The van der Waals surface area contributed by atoms with E-state index in [-0.39, 0.29) is 19.2 Å². The highest BCUT2D eigenvalue weighted by Gasteiger charge is 2.40. The molecular formula is C14H16N2O4. The van der Waals surface area contributed by atoms with Crippen molar-refractivity contribution in [3.05, 3.63) is 35.9 Å². The smallest absolute Gasteiger partial charge is 0.377 e. The summed E-state index contributed by atoms with van der Waals surface area (Å²) in [6, 6.07) is 8.06. The molecule has 0 radical (unpaired) electrons. The number of carbonyl (C=O) groups is 3. The number of hydrogen-bond donors (Lipinski definition) is 0. The second kappa shape index (κ2) is 5.73. The van der Waals surface area contributed by atoms with E-state index in [0.29, 0.717) is 0 Å². The highest BCUT2D eigenvalue weighted by Crippen LogP contribution is 2.13. The van der Waals surface area contributed by atoms with Gasteiger partial charge in [-0.2, -0.15) is 0 Å². The summed E-state index contributed by atoms with van der Waals surface area (Å²) in [5.74, 6) is -1.60. The minimum Gasteiger partial charge on any atom is -0.455 e. The lowest BCUT2D eigenvalue weighted by atomic mass is 10.2. The molecule has 6 nitrogen and oxygen atoms in total. The van der Waals surface area contributed by atoms with Gasteiger partial charge in [-0.05, 0) is 5.56 Å². The molecular weight excluding hydrogens is 260 g/mol. The molecule has 1 aliphatic rings. The van der Waals surface area contributed by atoms with E-state index in [1.54, 1.807) is 19.2 Å². The Bertz CT molecular complexity index is 529. The molecule has 1 heterocycles. The first kappa shape index (κ1) is 14.0. The van der Waals surface area contributed by atoms with Crippen molar-refractivity contribution in [2.45, 2.75) is 12.6 Å². The van der Waals surface area contributed by atoms with Gasteiger partial charge in [0.05, 0.1) is 6.54 Å². The molecule has 2 rings (SSSR count). The molecule has 1 fully saturated rings. The van der Waals surface area contributed by atoms with Crippen molar-refractivity contribution in [3.63, 3.8) is 0 Å². The number of hydrogen-bond acceptors (Lipinski definition) is 4. The Kier molecular flexibility index (Phi) is 4.02. The Hall–Kier alpha value is -2.37. The quantitative estimate of drug-likeness (QED) is 0.598. The zero-order valence-corrected chi connectivity index (χ0v) is 11.4. The number of carbonyl (C=O) groups excluding carboxylic acids is 3. The molecule has 0 spiro atoms. The summed E-state index contributed by atoms with van der Waals surface area (Å²) < 4.78 is 4.98. The SMILES string of the molecule is CN1CC(C(=O)C(=O)OCc2ccccc2)N(C)C1=O. The lowest BCUT2D eigenvalue weighted by Crippen LogP contribution is -2.41. The molecule has 6 heteroatoms. The number of esters is 1. The van der Waals surface area contributed by atoms with Crippen molar-refractivity contribution in [1.82, 2.24) is 9.80 Å². The predicted octanol–water partition coefficient (Wildman–Crippen LogP) is 0.665. The van der Waals surface area contributed by atoms with Crippen LogP contribution in [0.3, 0.4) is 0 Å². The number of likely N-dealkylation sites (N-methyl/N-ethyl adjacent to an activating group) is 2. The van der Waals surface area contributed by atoms with E-state index in [0.717, 1.165) is 5.56 Å². The Morgan fingerprint density at radius 3 is 2.45 bits per heavy atom. The van der Waals surface area contributed by atoms with Gasteiger partial charge in [-0.25, -0.2) is 9.59 Å². The number of amides is 2. The summed E-state index contributed by atoms with van der Waals surface area (Å²) in [4.78, 5) is 37.9. The monoisotopic (exact) mass is 276 g/mol. The first-order valence-electron chi connectivity index (χ1n) is 6.23. The molecule has 0 N–H and O–H groups in total. The summed E-state index contributed by atoms with van der Waals surface area (Å²) >= 11 is 0. The van der Waals surface area contributed by atoms with Crippen LogP contribution in [0.1, 0.15) is 5.56 Å². The minimum absolute atomic E-state index is 0.0473. The average Bonchev–Trinajstić information content (AvgIpc) is 2.72. The number of ether oxygens (including phenoxy) is 1. The predicted molar refractivity (Wildman–Crippen MR) is 70.8 cm³/mol. The van der Waals surface area contributed by atoms with Crippen molar-refractivity contribution in [2.75, 3.05) is 20.6 Å². The molecule has 1 saturated heterocycles. The molecule has 0 bridgehead atoms. The maximum atomic E-state index is 12.0. The van der Waals surface area contributed by atoms with Crippen molar-refractivity contribution < 1.29 is 19.1 Å². The van der Waals surface area contributed by atoms with Gasteiger partial charge in [-0.1, -0.05) is 30.3 Å². The third-order valence-corrected chi connectivity index (χ3v) is 3.26. The van der Waals surface area contributed by atoms with Crippen LogP contribution in [0.25, 0.3) is 0 Å². The van der Waals surface area contributed by atoms with Crippen LogP contribution in [0, 0.1) is 0 Å². The lowest BCUT2D eigenvalue weighted by Gasteiger charge is -2.15. The van der Waals surface area contributed by atoms with Gasteiger partial charge < -0.3 is 14.5 Å². The van der Waals surface area contributed by atoms with Gasteiger partial charge in [0, 0.05) is 14.1 Å². The van der Waals surface area contributed by atoms with Crippen molar-refractivity contribution in [2.24, 2.45) is 0 Å². The van der Waals surface area contributed by atoms with Crippen molar-refractivity contribution in [1.29, 1.82) is 0 Å². The fourth-order valence-corrected chi connectivity index (χ4v) is 2.05. The van der Waals surface area contributed by atoms with Gasteiger partial charge in [-0.15, -0.1) is 0 Å². The van der Waals surface area contributed by atoms with E-state index in [2.05, 4.69) is 0 Å². The van der Waals surface area contributed by atoms with Crippen LogP contribution >= 0.6 is 0 Å². The molecule has 106 valence electrons. The van der Waals surface area contributed by atoms with Gasteiger partial charge in [0.15, 0.2) is 0 Å². The van der Waals surface area contributed by atoms with Crippen LogP contribution in [0.2, 0.25) is 0 Å². The Balaban J connectivity index is 1.93. The number of Topliss-reactive ketones (excluding diaryl/α,β-unsaturated/α-hetero) is 1. The molecule has 0 aliphatic carbocycles.